The molecule has 0 aliphatic carbocycles. The van der Waals surface area contributed by atoms with Crippen LogP contribution in [0.4, 0.5) is 0 Å². The fourth-order valence-corrected chi connectivity index (χ4v) is 2.31. The van der Waals surface area contributed by atoms with Gasteiger partial charge in [0.1, 0.15) is 5.82 Å². The van der Waals surface area contributed by atoms with Gasteiger partial charge in [-0.1, -0.05) is 0 Å². The van der Waals surface area contributed by atoms with E-state index in [0.717, 1.165) is 17.9 Å². The zero-order valence-corrected chi connectivity index (χ0v) is 9.42. The third-order valence-corrected chi connectivity index (χ3v) is 3.21. The summed E-state index contributed by atoms with van der Waals surface area (Å²) in [5, 5.41) is 2.08. The van der Waals surface area contributed by atoms with Crippen LogP contribution >= 0.6 is 11.3 Å². The van der Waals surface area contributed by atoms with Gasteiger partial charge in [-0.2, -0.15) is 0 Å². The SMILES string of the molecule is Cc1ccsc1-c1ccnc(CCN)n1. The molecule has 2 heterocycles. The average molecular weight is 219 g/mol. The maximum absolute atomic E-state index is 5.48. The predicted octanol–water partition coefficient (Wildman–Crippen LogP) is 2.01. The molecule has 2 N–H and O–H groups in total. The van der Waals surface area contributed by atoms with Gasteiger partial charge in [-0.15, -0.1) is 11.3 Å². The van der Waals surface area contributed by atoms with E-state index in [-0.39, 0.29) is 0 Å². The molecule has 4 heteroatoms. The standard InChI is InChI=1S/C11H13N3S/c1-8-4-7-15-11(8)9-3-6-13-10(14-9)2-5-12/h3-4,6-7H,2,5,12H2,1H3. The predicted molar refractivity (Wildman–Crippen MR) is 62.8 cm³/mol. The van der Waals surface area contributed by atoms with Gasteiger partial charge < -0.3 is 5.73 Å². The van der Waals surface area contributed by atoms with Crippen molar-refractivity contribution in [2.45, 2.75) is 13.3 Å². The summed E-state index contributed by atoms with van der Waals surface area (Å²) in [5.74, 6) is 0.822. The van der Waals surface area contributed by atoms with Crippen LogP contribution in [0.25, 0.3) is 10.6 Å². The molecule has 0 spiro atoms. The molecule has 78 valence electrons. The van der Waals surface area contributed by atoms with Crippen molar-refractivity contribution in [3.63, 3.8) is 0 Å². The van der Waals surface area contributed by atoms with E-state index < -0.39 is 0 Å². The molecule has 2 aromatic rings. The summed E-state index contributed by atoms with van der Waals surface area (Å²) >= 11 is 1.71. The third kappa shape index (κ3) is 2.22. The zero-order valence-electron chi connectivity index (χ0n) is 8.60. The second-order valence-corrected chi connectivity index (χ2v) is 4.25. The van der Waals surface area contributed by atoms with Crippen LogP contribution in [0.3, 0.4) is 0 Å². The van der Waals surface area contributed by atoms with Gasteiger partial charge >= 0.3 is 0 Å². The number of thiophene rings is 1. The van der Waals surface area contributed by atoms with Crippen LogP contribution in [-0.2, 0) is 6.42 Å². The van der Waals surface area contributed by atoms with Crippen molar-refractivity contribution in [2.75, 3.05) is 6.54 Å². The largest absolute Gasteiger partial charge is 0.330 e. The normalized spacial score (nSPS) is 10.5. The second-order valence-electron chi connectivity index (χ2n) is 3.33. The molecule has 0 saturated heterocycles. The van der Waals surface area contributed by atoms with E-state index in [0.29, 0.717) is 6.54 Å². The van der Waals surface area contributed by atoms with Crippen molar-refractivity contribution < 1.29 is 0 Å². The van der Waals surface area contributed by atoms with Crippen LogP contribution in [0.1, 0.15) is 11.4 Å². The zero-order chi connectivity index (χ0) is 10.7. The molecule has 15 heavy (non-hydrogen) atoms. The maximum atomic E-state index is 5.48. The lowest BCUT2D eigenvalue weighted by Gasteiger charge is -2.01. The molecule has 2 aromatic heterocycles. The molecule has 0 atom stereocenters. The topological polar surface area (TPSA) is 51.8 Å². The second kappa shape index (κ2) is 4.51. The first-order valence-corrected chi connectivity index (χ1v) is 5.75. The first-order chi connectivity index (χ1) is 7.31. The summed E-state index contributed by atoms with van der Waals surface area (Å²) in [4.78, 5) is 9.89. The van der Waals surface area contributed by atoms with Crippen LogP contribution in [0.5, 0.6) is 0 Å². The Bertz CT molecular complexity index is 451. The highest BCUT2D eigenvalue weighted by molar-refractivity contribution is 7.13. The van der Waals surface area contributed by atoms with Gasteiger partial charge in [-0.25, -0.2) is 9.97 Å². The Kier molecular flexibility index (Phi) is 3.08. The molecule has 0 radical (unpaired) electrons. The van der Waals surface area contributed by atoms with E-state index >= 15 is 0 Å². The minimum Gasteiger partial charge on any atom is -0.330 e. The lowest BCUT2D eigenvalue weighted by molar-refractivity contribution is 0.870. The first-order valence-electron chi connectivity index (χ1n) is 4.87. The molecule has 0 saturated carbocycles. The monoisotopic (exact) mass is 219 g/mol. The van der Waals surface area contributed by atoms with Crippen LogP contribution in [0, 0.1) is 6.92 Å². The Morgan fingerprint density at radius 2 is 2.27 bits per heavy atom. The molecule has 0 bridgehead atoms. The van der Waals surface area contributed by atoms with Crippen LogP contribution < -0.4 is 5.73 Å². The Balaban J connectivity index is 2.37. The maximum Gasteiger partial charge on any atom is 0.130 e. The van der Waals surface area contributed by atoms with Gasteiger partial charge in [0.05, 0.1) is 10.6 Å². The third-order valence-electron chi connectivity index (χ3n) is 2.17. The molecule has 0 fully saturated rings. The number of aryl methyl sites for hydroxylation is 1. The number of aromatic nitrogens is 2. The van der Waals surface area contributed by atoms with Gasteiger partial charge in [0.25, 0.3) is 0 Å². The Morgan fingerprint density at radius 1 is 1.40 bits per heavy atom. The van der Waals surface area contributed by atoms with E-state index in [4.69, 9.17) is 5.73 Å². The van der Waals surface area contributed by atoms with Crippen LogP contribution in [0.2, 0.25) is 0 Å². The van der Waals surface area contributed by atoms with Gasteiger partial charge in [-0.05, 0) is 36.5 Å². The molecular formula is C11H13N3S. The van der Waals surface area contributed by atoms with E-state index in [2.05, 4.69) is 28.3 Å². The minimum absolute atomic E-state index is 0.590. The van der Waals surface area contributed by atoms with Gasteiger partial charge in [0.2, 0.25) is 0 Å². The number of rotatable bonds is 3. The Hall–Kier alpha value is -1.26. The first kappa shape index (κ1) is 10.3. The number of nitrogens with two attached hydrogens (primary N) is 1. The van der Waals surface area contributed by atoms with Gasteiger partial charge in [0.15, 0.2) is 0 Å². The van der Waals surface area contributed by atoms with Crippen molar-refractivity contribution >= 4 is 11.3 Å². The number of hydrogen-bond acceptors (Lipinski definition) is 4. The minimum atomic E-state index is 0.590. The Morgan fingerprint density at radius 3 is 2.93 bits per heavy atom. The number of nitrogens with zero attached hydrogens (tertiary/aromatic N) is 2. The Labute approximate surface area is 93.0 Å². The fraction of sp³-hybridized carbons (Fsp3) is 0.273. The van der Waals surface area contributed by atoms with Crippen molar-refractivity contribution in [3.8, 4) is 10.6 Å². The molecule has 0 aliphatic heterocycles. The highest BCUT2D eigenvalue weighted by Crippen LogP contribution is 2.26. The summed E-state index contributed by atoms with van der Waals surface area (Å²) in [6.07, 6.45) is 2.53. The van der Waals surface area contributed by atoms with E-state index in [1.54, 1.807) is 17.5 Å². The summed E-state index contributed by atoms with van der Waals surface area (Å²) in [7, 11) is 0. The highest BCUT2D eigenvalue weighted by Gasteiger charge is 2.05. The lowest BCUT2D eigenvalue weighted by Crippen LogP contribution is -2.06. The molecule has 2 rings (SSSR count). The van der Waals surface area contributed by atoms with E-state index in [9.17, 15) is 0 Å². The van der Waals surface area contributed by atoms with Gasteiger partial charge in [0, 0.05) is 12.6 Å². The highest BCUT2D eigenvalue weighted by atomic mass is 32.1. The molecule has 0 aliphatic rings. The molecule has 0 unspecified atom stereocenters. The number of hydrogen-bond donors (Lipinski definition) is 1. The van der Waals surface area contributed by atoms with Crippen molar-refractivity contribution in [1.29, 1.82) is 0 Å². The average Bonchev–Trinajstić information content (AvgIpc) is 2.65. The van der Waals surface area contributed by atoms with Crippen molar-refractivity contribution in [1.82, 2.24) is 9.97 Å². The van der Waals surface area contributed by atoms with Crippen molar-refractivity contribution in [3.05, 3.63) is 35.1 Å². The fourth-order valence-electron chi connectivity index (χ4n) is 1.41. The van der Waals surface area contributed by atoms with Gasteiger partial charge in [-0.3, -0.25) is 0 Å². The molecular weight excluding hydrogens is 206 g/mol. The smallest absolute Gasteiger partial charge is 0.130 e. The summed E-state index contributed by atoms with van der Waals surface area (Å²) in [6, 6.07) is 4.05. The molecule has 3 nitrogen and oxygen atoms in total. The van der Waals surface area contributed by atoms with Crippen LogP contribution in [0.15, 0.2) is 23.7 Å². The summed E-state index contributed by atoms with van der Waals surface area (Å²) in [5.41, 5.74) is 7.74. The quantitative estimate of drug-likeness (QED) is 0.859. The lowest BCUT2D eigenvalue weighted by atomic mass is 10.2. The van der Waals surface area contributed by atoms with E-state index in [1.165, 1.54) is 10.4 Å². The van der Waals surface area contributed by atoms with E-state index in [1.807, 2.05) is 6.07 Å². The van der Waals surface area contributed by atoms with Crippen molar-refractivity contribution in [2.24, 2.45) is 5.73 Å². The summed E-state index contributed by atoms with van der Waals surface area (Å²) < 4.78 is 0. The summed E-state index contributed by atoms with van der Waals surface area (Å²) in [6.45, 7) is 2.68. The van der Waals surface area contributed by atoms with Crippen LogP contribution in [-0.4, -0.2) is 16.5 Å². The molecule has 0 aromatic carbocycles. The molecule has 0 amide bonds.